The molecule has 33 nitrogen and oxygen atoms in total. The zero-order chi connectivity index (χ0) is 57.5. The molecule has 0 aromatic heterocycles. The van der Waals surface area contributed by atoms with Gasteiger partial charge in [-0.25, -0.2) is 0 Å². The summed E-state index contributed by atoms with van der Waals surface area (Å²) in [5.41, 5.74) is 0. The smallest absolute Gasteiger partial charge is 0.217 e. The summed E-state index contributed by atoms with van der Waals surface area (Å²) in [4.78, 5) is 36.8. The fourth-order valence-corrected chi connectivity index (χ4v) is 9.63. The van der Waals surface area contributed by atoms with E-state index in [4.69, 9.17) is 47.4 Å². The predicted molar refractivity (Wildman–Crippen MR) is 244 cm³/mol. The van der Waals surface area contributed by atoms with Gasteiger partial charge < -0.3 is 150 Å². The van der Waals surface area contributed by atoms with Crippen LogP contribution in [0, 0.1) is 5.92 Å². The van der Waals surface area contributed by atoms with E-state index in [9.17, 15) is 101 Å². The molecule has 0 spiro atoms. The van der Waals surface area contributed by atoms with Crippen molar-refractivity contribution in [1.82, 2.24) is 16.0 Å². The van der Waals surface area contributed by atoms with Gasteiger partial charge in [0, 0.05) is 26.7 Å². The van der Waals surface area contributed by atoms with Crippen LogP contribution in [0.1, 0.15) is 34.6 Å². The molecule has 0 aromatic carbocycles. The number of rotatable bonds is 23. The molecule has 3 amide bonds. The SMILES string of the molecule is CC(=O)NC1C(C)OC(CO)C(OC2OC(CO)C(OC(O)C(O)C(O[C@H]3O[C@H](CO)C(O)C(O)C3OC3OC(CO)C(O)C(O)C3NC(C)=O)C(O)C(C)COC3OC(CO)C(O)C(O)C3O)C(O)C2NC(C)=O)C1O. The molecule has 20 N–H and O–H groups in total. The van der Waals surface area contributed by atoms with Gasteiger partial charge in [-0.05, 0) is 6.92 Å². The van der Waals surface area contributed by atoms with Crippen LogP contribution in [0.5, 0.6) is 0 Å². The number of aliphatic hydroxyl groups excluding tert-OH is 17. The lowest BCUT2D eigenvalue weighted by molar-refractivity contribution is -0.374. The van der Waals surface area contributed by atoms with Gasteiger partial charge >= 0.3 is 0 Å². The first-order chi connectivity index (χ1) is 36.2. The molecule has 30 atom stereocenters. The van der Waals surface area contributed by atoms with E-state index in [0.717, 1.165) is 13.8 Å². The van der Waals surface area contributed by atoms with Crippen LogP contribution >= 0.6 is 0 Å². The van der Waals surface area contributed by atoms with E-state index in [1.807, 2.05) is 0 Å². The molecule has 0 bridgehead atoms. The fraction of sp³-hybridized carbons (Fsp3) is 0.932. The monoisotopic (exact) mass is 1130 g/mol. The summed E-state index contributed by atoms with van der Waals surface area (Å²) in [5.74, 6) is -3.60. The average molecular weight is 1130 g/mol. The van der Waals surface area contributed by atoms with Crippen molar-refractivity contribution in [1.29, 1.82) is 0 Å². The van der Waals surface area contributed by atoms with Crippen LogP contribution in [0.25, 0.3) is 0 Å². The summed E-state index contributed by atoms with van der Waals surface area (Å²) >= 11 is 0. The number of amides is 3. The number of hydrogen-bond acceptors (Lipinski definition) is 30. The van der Waals surface area contributed by atoms with Crippen molar-refractivity contribution in [3.63, 3.8) is 0 Å². The molecule has 33 heteroatoms. The second kappa shape index (κ2) is 28.8. The van der Waals surface area contributed by atoms with Crippen LogP contribution in [0.15, 0.2) is 0 Å². The Bertz CT molecular complexity index is 1850. The van der Waals surface area contributed by atoms with Crippen LogP contribution in [0.3, 0.4) is 0 Å². The number of carbonyl (C=O) groups is 3. The quantitative estimate of drug-likeness (QED) is 0.0423. The molecule has 5 fully saturated rings. The Morgan fingerprint density at radius 1 is 0.455 bits per heavy atom. The number of hydrogen-bond donors (Lipinski definition) is 20. The van der Waals surface area contributed by atoms with Gasteiger partial charge in [0.25, 0.3) is 0 Å². The van der Waals surface area contributed by atoms with Crippen LogP contribution in [-0.4, -0.2) is 322 Å². The van der Waals surface area contributed by atoms with Crippen LogP contribution in [-0.2, 0) is 61.8 Å². The Morgan fingerprint density at radius 2 is 0.870 bits per heavy atom. The Hall–Kier alpha value is -2.67. The summed E-state index contributed by atoms with van der Waals surface area (Å²) in [7, 11) is 0. The van der Waals surface area contributed by atoms with E-state index in [0.29, 0.717) is 0 Å². The molecule has 28 unspecified atom stereocenters. The first-order valence-electron chi connectivity index (χ1n) is 24.8. The minimum absolute atomic E-state index is 0.571. The van der Waals surface area contributed by atoms with E-state index in [-0.39, 0.29) is 0 Å². The highest BCUT2D eigenvalue weighted by molar-refractivity contribution is 5.74. The maximum atomic E-state index is 12.6. The average Bonchev–Trinajstić information content (AvgIpc) is 3.38. The summed E-state index contributed by atoms with van der Waals surface area (Å²) in [5, 5.41) is 192. The lowest BCUT2D eigenvalue weighted by Gasteiger charge is -2.49. The highest BCUT2D eigenvalue weighted by Gasteiger charge is 2.56. The van der Waals surface area contributed by atoms with Gasteiger partial charge in [-0.2, -0.15) is 0 Å². The molecule has 5 aliphatic heterocycles. The van der Waals surface area contributed by atoms with Crippen molar-refractivity contribution in [2.45, 2.75) is 212 Å². The van der Waals surface area contributed by atoms with Gasteiger partial charge in [-0.1, -0.05) is 6.92 Å². The van der Waals surface area contributed by atoms with E-state index in [1.165, 1.54) is 20.8 Å². The third kappa shape index (κ3) is 15.3. The predicted octanol–water partition coefficient (Wildman–Crippen LogP) is -12.4. The van der Waals surface area contributed by atoms with E-state index in [1.54, 1.807) is 0 Å². The summed E-state index contributed by atoms with van der Waals surface area (Å²) in [6.45, 7) is 0.545. The third-order valence-corrected chi connectivity index (χ3v) is 13.9. The largest absolute Gasteiger partial charge is 0.394 e. The number of ether oxygens (including phenoxy) is 10. The molecule has 448 valence electrons. The first kappa shape index (κ1) is 65.1. The lowest BCUT2D eigenvalue weighted by Crippen LogP contribution is -2.69. The second-order valence-corrected chi connectivity index (χ2v) is 19.6. The summed E-state index contributed by atoms with van der Waals surface area (Å²) in [6, 6.07) is -4.55. The first-order valence-corrected chi connectivity index (χ1v) is 24.8. The molecule has 0 aliphatic carbocycles. The summed E-state index contributed by atoms with van der Waals surface area (Å²) in [6.07, 6.45) is -49.5. The van der Waals surface area contributed by atoms with Crippen molar-refractivity contribution in [3.8, 4) is 0 Å². The molecule has 5 heterocycles. The Balaban J connectivity index is 1.48. The van der Waals surface area contributed by atoms with Crippen LogP contribution in [0.4, 0.5) is 0 Å². The van der Waals surface area contributed by atoms with Crippen molar-refractivity contribution in [2.75, 3.05) is 39.6 Å². The molecule has 0 radical (unpaired) electrons. The fourth-order valence-electron chi connectivity index (χ4n) is 9.63. The van der Waals surface area contributed by atoms with Crippen LogP contribution < -0.4 is 16.0 Å². The zero-order valence-corrected chi connectivity index (χ0v) is 42.5. The Kier molecular flexibility index (Phi) is 24.4. The normalized spacial score (nSPS) is 43.8. The standard InChI is InChI=1S/C44H77N3O30/c1-12(11-68-43-34(65)32(63)27(58)18(7-49)71-43)25(56)38(76-44-39(33(64)28(59)19(8-50)72-44)77-41-23(46-15(4)54)29(60)26(57)17(6-48)70-41)35(66)40(67)74-36-21(10-52)73-42(24(31(36)62)47-16(5)55)75-37-20(9-51)69-13(2)22(30(37)61)45-14(3)53/h12-13,17-44,48-52,56-67H,6-11H2,1-5H3,(H,45,53)(H,46,54)(H,47,55)/t12?,13?,17?,18?,19-,20?,21?,22?,23?,24?,25?,26?,27?,28?,29?,30?,31?,32?,33?,34?,35?,36?,37?,38?,39?,40?,41?,42?,43?,44-/m1/s1. The number of carbonyl (C=O) groups excluding carboxylic acids is 3. The van der Waals surface area contributed by atoms with E-state index >= 15 is 0 Å². The van der Waals surface area contributed by atoms with Crippen molar-refractivity contribution in [2.24, 2.45) is 5.92 Å². The molecule has 5 saturated heterocycles. The molecular formula is C44H77N3O30. The molecule has 5 aliphatic rings. The Morgan fingerprint density at radius 3 is 1.39 bits per heavy atom. The maximum absolute atomic E-state index is 12.6. The molecule has 77 heavy (non-hydrogen) atoms. The van der Waals surface area contributed by atoms with Gasteiger partial charge in [0.2, 0.25) is 17.7 Å². The number of nitrogens with one attached hydrogen (secondary N) is 3. The lowest BCUT2D eigenvalue weighted by atomic mass is 9.92. The van der Waals surface area contributed by atoms with Crippen molar-refractivity contribution >= 4 is 17.7 Å². The van der Waals surface area contributed by atoms with Crippen molar-refractivity contribution < 1.29 is 149 Å². The zero-order valence-electron chi connectivity index (χ0n) is 42.5. The minimum atomic E-state index is -2.70. The van der Waals surface area contributed by atoms with Gasteiger partial charge in [0.1, 0.15) is 128 Å². The molecule has 0 saturated carbocycles. The highest BCUT2D eigenvalue weighted by Crippen LogP contribution is 2.35. The molecular weight excluding hydrogens is 1050 g/mol. The van der Waals surface area contributed by atoms with E-state index in [2.05, 4.69) is 16.0 Å². The third-order valence-electron chi connectivity index (χ3n) is 13.9. The maximum Gasteiger partial charge on any atom is 0.217 e. The van der Waals surface area contributed by atoms with Gasteiger partial charge in [-0.15, -0.1) is 0 Å². The second-order valence-electron chi connectivity index (χ2n) is 19.6. The van der Waals surface area contributed by atoms with Gasteiger partial charge in [0.15, 0.2) is 31.5 Å². The van der Waals surface area contributed by atoms with Crippen LogP contribution in [0.2, 0.25) is 0 Å². The van der Waals surface area contributed by atoms with Crippen molar-refractivity contribution in [3.05, 3.63) is 0 Å². The van der Waals surface area contributed by atoms with Gasteiger partial charge in [-0.3, -0.25) is 14.4 Å². The highest BCUT2D eigenvalue weighted by atomic mass is 16.8. The Labute approximate surface area is 439 Å². The molecule has 0 aromatic rings. The number of aliphatic hydroxyl groups is 17. The van der Waals surface area contributed by atoms with Gasteiger partial charge in [0.05, 0.1) is 57.9 Å². The molecule has 5 rings (SSSR count). The summed E-state index contributed by atoms with van der Waals surface area (Å²) < 4.78 is 57.7. The minimum Gasteiger partial charge on any atom is -0.394 e. The van der Waals surface area contributed by atoms with E-state index < -0.39 is 241 Å². The topological polar surface area (TPSA) is 524 Å².